The summed E-state index contributed by atoms with van der Waals surface area (Å²) in [6.45, 7) is 4.12. The van der Waals surface area contributed by atoms with Gasteiger partial charge in [-0.25, -0.2) is 0 Å². The zero-order chi connectivity index (χ0) is 14.1. The van der Waals surface area contributed by atoms with E-state index in [1.165, 1.54) is 0 Å². The van der Waals surface area contributed by atoms with E-state index in [2.05, 4.69) is 23.9 Å². The van der Waals surface area contributed by atoms with Gasteiger partial charge in [0, 0.05) is 41.1 Å². The van der Waals surface area contributed by atoms with E-state index in [9.17, 15) is 5.11 Å². The van der Waals surface area contributed by atoms with Crippen molar-refractivity contribution < 1.29 is 5.11 Å². The summed E-state index contributed by atoms with van der Waals surface area (Å²) in [6, 6.07) is 8.22. The van der Waals surface area contributed by atoms with Gasteiger partial charge in [-0.3, -0.25) is 9.67 Å². The van der Waals surface area contributed by atoms with E-state index in [-0.39, 0.29) is 6.04 Å². The average Bonchev–Trinajstić information content (AvgIpc) is 2.96. The summed E-state index contributed by atoms with van der Waals surface area (Å²) >= 11 is 0. The van der Waals surface area contributed by atoms with Gasteiger partial charge in [0.15, 0.2) is 0 Å². The molecule has 0 spiro atoms. The van der Waals surface area contributed by atoms with E-state index in [0.717, 1.165) is 21.9 Å². The molecule has 1 aromatic carbocycles. The summed E-state index contributed by atoms with van der Waals surface area (Å²) in [5.74, 6) is 0. The lowest BCUT2D eigenvalue weighted by Crippen LogP contribution is -2.02. The number of aliphatic hydroxyl groups excluding tert-OH is 1. The van der Waals surface area contributed by atoms with Gasteiger partial charge in [0.05, 0.1) is 6.20 Å². The van der Waals surface area contributed by atoms with E-state index in [1.54, 1.807) is 12.4 Å². The third kappa shape index (κ3) is 2.18. The molecule has 0 radical (unpaired) electrons. The van der Waals surface area contributed by atoms with Crippen molar-refractivity contribution >= 4 is 10.8 Å². The van der Waals surface area contributed by atoms with Gasteiger partial charge in [0.2, 0.25) is 0 Å². The van der Waals surface area contributed by atoms with Crippen molar-refractivity contribution in [2.45, 2.75) is 26.0 Å². The van der Waals surface area contributed by atoms with Gasteiger partial charge in [-0.1, -0.05) is 24.3 Å². The number of hydrogen-bond acceptors (Lipinski definition) is 3. The lowest BCUT2D eigenvalue weighted by atomic mass is 10.0. The molecule has 1 N–H and O–H groups in total. The van der Waals surface area contributed by atoms with Crippen molar-refractivity contribution in [3.8, 4) is 0 Å². The Kier molecular flexibility index (Phi) is 3.24. The fraction of sp³-hybridized carbons (Fsp3) is 0.250. The second-order valence-corrected chi connectivity index (χ2v) is 5.20. The molecular formula is C16H17N3O. The van der Waals surface area contributed by atoms with Crippen molar-refractivity contribution in [1.29, 1.82) is 0 Å². The van der Waals surface area contributed by atoms with Crippen molar-refractivity contribution in [3.63, 3.8) is 0 Å². The molecule has 0 aliphatic heterocycles. The first-order valence-corrected chi connectivity index (χ1v) is 6.71. The molecule has 0 amide bonds. The highest BCUT2D eigenvalue weighted by Gasteiger charge is 2.16. The highest BCUT2D eigenvalue weighted by molar-refractivity contribution is 5.85. The number of nitrogens with zero attached hydrogens (tertiary/aromatic N) is 3. The van der Waals surface area contributed by atoms with E-state index >= 15 is 0 Å². The Balaban J connectivity index is 2.05. The van der Waals surface area contributed by atoms with Crippen molar-refractivity contribution in [1.82, 2.24) is 14.8 Å². The van der Waals surface area contributed by atoms with Crippen LogP contribution in [-0.4, -0.2) is 19.9 Å². The minimum atomic E-state index is -0.707. The first-order valence-electron chi connectivity index (χ1n) is 6.71. The van der Waals surface area contributed by atoms with Gasteiger partial charge in [0.1, 0.15) is 6.10 Å². The maximum atomic E-state index is 10.6. The van der Waals surface area contributed by atoms with Crippen molar-refractivity contribution in [2.75, 3.05) is 0 Å². The number of aromatic nitrogens is 3. The van der Waals surface area contributed by atoms with Gasteiger partial charge in [0.25, 0.3) is 0 Å². The van der Waals surface area contributed by atoms with Crippen LogP contribution in [0.25, 0.3) is 10.8 Å². The molecule has 0 saturated heterocycles. The fourth-order valence-electron chi connectivity index (χ4n) is 2.31. The molecule has 2 aromatic heterocycles. The van der Waals surface area contributed by atoms with Crippen LogP contribution in [0.3, 0.4) is 0 Å². The van der Waals surface area contributed by atoms with Gasteiger partial charge < -0.3 is 5.11 Å². The summed E-state index contributed by atoms with van der Waals surface area (Å²) in [4.78, 5) is 4.21. The van der Waals surface area contributed by atoms with Crippen LogP contribution in [-0.2, 0) is 0 Å². The Morgan fingerprint density at radius 3 is 2.65 bits per heavy atom. The van der Waals surface area contributed by atoms with Gasteiger partial charge in [-0.15, -0.1) is 0 Å². The van der Waals surface area contributed by atoms with Crippen molar-refractivity contribution in [2.24, 2.45) is 0 Å². The van der Waals surface area contributed by atoms with Crippen LogP contribution in [0.15, 0.2) is 49.1 Å². The molecule has 1 atom stereocenters. The van der Waals surface area contributed by atoms with Crippen LogP contribution in [0.2, 0.25) is 0 Å². The summed E-state index contributed by atoms with van der Waals surface area (Å²) in [5.41, 5.74) is 1.60. The number of aliphatic hydroxyl groups is 1. The summed E-state index contributed by atoms with van der Waals surface area (Å²) < 4.78 is 1.84. The largest absolute Gasteiger partial charge is 0.383 e. The lowest BCUT2D eigenvalue weighted by molar-refractivity contribution is 0.221. The minimum absolute atomic E-state index is 0.279. The number of hydrogen-bond donors (Lipinski definition) is 1. The van der Waals surface area contributed by atoms with Crippen LogP contribution in [0.5, 0.6) is 0 Å². The van der Waals surface area contributed by atoms with E-state index in [4.69, 9.17) is 0 Å². The zero-order valence-electron chi connectivity index (χ0n) is 11.6. The molecule has 0 aliphatic carbocycles. The smallest absolute Gasteiger partial charge is 0.109 e. The summed E-state index contributed by atoms with van der Waals surface area (Å²) in [5, 5.41) is 16.9. The summed E-state index contributed by atoms with van der Waals surface area (Å²) in [6.07, 6.45) is 6.42. The maximum Gasteiger partial charge on any atom is 0.109 e. The highest BCUT2D eigenvalue weighted by atomic mass is 16.3. The average molecular weight is 267 g/mol. The number of pyridine rings is 1. The van der Waals surface area contributed by atoms with Crippen LogP contribution in [0.4, 0.5) is 0 Å². The zero-order valence-corrected chi connectivity index (χ0v) is 11.6. The monoisotopic (exact) mass is 267 g/mol. The number of benzene rings is 1. The van der Waals surface area contributed by atoms with E-state index in [0.29, 0.717) is 0 Å². The first-order chi connectivity index (χ1) is 9.66. The Hall–Kier alpha value is -2.20. The maximum absolute atomic E-state index is 10.6. The molecule has 102 valence electrons. The van der Waals surface area contributed by atoms with Crippen LogP contribution >= 0.6 is 0 Å². The van der Waals surface area contributed by atoms with Gasteiger partial charge in [-0.2, -0.15) is 5.10 Å². The van der Waals surface area contributed by atoms with Crippen LogP contribution in [0.1, 0.15) is 37.1 Å². The molecule has 20 heavy (non-hydrogen) atoms. The van der Waals surface area contributed by atoms with E-state index in [1.807, 2.05) is 41.3 Å². The highest BCUT2D eigenvalue weighted by Crippen LogP contribution is 2.28. The normalized spacial score (nSPS) is 13.0. The third-order valence-corrected chi connectivity index (χ3v) is 3.46. The molecule has 0 saturated carbocycles. The molecule has 1 unspecified atom stereocenters. The fourth-order valence-corrected chi connectivity index (χ4v) is 2.31. The minimum Gasteiger partial charge on any atom is -0.383 e. The van der Waals surface area contributed by atoms with Crippen molar-refractivity contribution in [3.05, 3.63) is 60.2 Å². The second-order valence-electron chi connectivity index (χ2n) is 5.20. The predicted octanol–water partition coefficient (Wildman–Crippen LogP) is 3.09. The molecule has 0 bridgehead atoms. The lowest BCUT2D eigenvalue weighted by Gasteiger charge is -2.11. The molecule has 4 nitrogen and oxygen atoms in total. The van der Waals surface area contributed by atoms with Gasteiger partial charge in [-0.05, 0) is 19.2 Å². The Morgan fingerprint density at radius 1 is 1.10 bits per heavy atom. The Morgan fingerprint density at radius 2 is 1.90 bits per heavy atom. The first kappa shape index (κ1) is 12.8. The van der Waals surface area contributed by atoms with Crippen LogP contribution < -0.4 is 0 Å². The molecule has 0 aliphatic rings. The number of fused-ring (bicyclic) bond motifs is 1. The molecule has 3 rings (SSSR count). The second kappa shape index (κ2) is 5.06. The third-order valence-electron chi connectivity index (χ3n) is 3.46. The molecule has 0 fully saturated rings. The molecule has 2 heterocycles. The van der Waals surface area contributed by atoms with E-state index < -0.39 is 6.10 Å². The quantitative estimate of drug-likeness (QED) is 0.793. The molecular weight excluding hydrogens is 250 g/mol. The molecule has 3 aromatic rings. The summed E-state index contributed by atoms with van der Waals surface area (Å²) in [7, 11) is 0. The SMILES string of the molecule is CC(C)n1cc(C(O)c2cncc3ccccc23)cn1. The predicted molar refractivity (Wildman–Crippen MR) is 78.4 cm³/mol. The number of rotatable bonds is 3. The standard InChI is InChI=1S/C16H17N3O/c1-11(2)19-10-13(8-18-19)16(20)15-9-17-7-12-5-3-4-6-14(12)15/h3-11,16,20H,1-2H3. The topological polar surface area (TPSA) is 50.9 Å². The Labute approximate surface area is 117 Å². The Bertz CT molecular complexity index is 728. The van der Waals surface area contributed by atoms with Crippen LogP contribution in [0, 0.1) is 0 Å². The molecule has 4 heteroatoms. The van der Waals surface area contributed by atoms with Gasteiger partial charge >= 0.3 is 0 Å².